The second-order valence-corrected chi connectivity index (χ2v) is 11.3. The number of hydrogen-bond donors (Lipinski definition) is 2. The van der Waals surface area contributed by atoms with E-state index in [1.165, 1.54) is 50.7 Å². The number of rotatable bonds is 4. The molecule has 1 aromatic rings. The summed E-state index contributed by atoms with van der Waals surface area (Å²) < 4.78 is 61.3. The van der Waals surface area contributed by atoms with Crippen LogP contribution in [0.3, 0.4) is 0 Å². The summed E-state index contributed by atoms with van der Waals surface area (Å²) in [7, 11) is -6.84. The maximum Gasteiger partial charge on any atom is 0.263 e. The number of sulfonamides is 1. The molecule has 1 aliphatic heterocycles. The molecule has 1 fully saturated rings. The zero-order valence-corrected chi connectivity index (χ0v) is 17.4. The highest BCUT2D eigenvalue weighted by Gasteiger charge is 2.52. The lowest BCUT2D eigenvalue weighted by atomic mass is 10.0. The van der Waals surface area contributed by atoms with Crippen LogP contribution >= 0.6 is 0 Å². The summed E-state index contributed by atoms with van der Waals surface area (Å²) in [6, 6.07) is 3.73. The molecule has 1 atom stereocenters. The fraction of sp³-hybridized carbons (Fsp3) is 0.562. The van der Waals surface area contributed by atoms with Crippen molar-refractivity contribution < 1.29 is 36.3 Å². The van der Waals surface area contributed by atoms with Gasteiger partial charge in [0.1, 0.15) is 11.8 Å². The van der Waals surface area contributed by atoms with E-state index >= 15 is 0 Å². The van der Waals surface area contributed by atoms with Crippen molar-refractivity contribution in [2.24, 2.45) is 0 Å². The number of ether oxygens (including phenoxy) is 2. The highest BCUT2D eigenvalue weighted by molar-refractivity contribution is 7.93. The third-order valence-corrected chi connectivity index (χ3v) is 9.13. The summed E-state index contributed by atoms with van der Waals surface area (Å²) in [4.78, 5) is 12.3. The average Bonchev–Trinajstić information content (AvgIpc) is 2.69. The number of sulfone groups is 1. The minimum Gasteiger partial charge on any atom is -0.497 e. The minimum atomic E-state index is -4.31. The predicted molar refractivity (Wildman–Crippen MR) is 99.3 cm³/mol. The van der Waals surface area contributed by atoms with Crippen LogP contribution in [0.4, 0.5) is 0 Å². The number of carbonyl (C=O) groups is 1. The Bertz CT molecular complexity index is 910. The summed E-state index contributed by atoms with van der Waals surface area (Å²) in [6.45, 7) is 1.99. The standard InChI is InChI=1S/C16H24N2O8S2/c1-16(2)14(15(19)17-20)18(8-9-26-10-11-27(16,21)22)28(23,24)13-6-4-12(25-3)5-7-13/h4-7,14,20H,8-11H2,1-3H3,(H,17,19)/t14-/m0/s1. The molecule has 0 saturated carbocycles. The van der Waals surface area contributed by atoms with Crippen LogP contribution in [-0.4, -0.2) is 75.7 Å². The smallest absolute Gasteiger partial charge is 0.263 e. The molecule has 12 heteroatoms. The molecule has 0 aliphatic carbocycles. The highest BCUT2D eigenvalue weighted by atomic mass is 32.2. The molecular weight excluding hydrogens is 412 g/mol. The van der Waals surface area contributed by atoms with E-state index in [4.69, 9.17) is 9.47 Å². The molecule has 10 nitrogen and oxygen atoms in total. The number of benzene rings is 1. The van der Waals surface area contributed by atoms with Gasteiger partial charge >= 0.3 is 0 Å². The molecule has 1 saturated heterocycles. The normalized spacial score (nSPS) is 23.1. The van der Waals surface area contributed by atoms with Crippen molar-refractivity contribution in [1.82, 2.24) is 9.79 Å². The Kier molecular flexibility index (Phi) is 6.71. The number of hydroxylamine groups is 1. The number of methoxy groups -OCH3 is 1. The van der Waals surface area contributed by atoms with E-state index in [2.05, 4.69) is 0 Å². The third-order valence-electron chi connectivity index (χ3n) is 4.73. The molecule has 0 radical (unpaired) electrons. The molecule has 0 unspecified atom stereocenters. The number of carbonyl (C=O) groups excluding carboxylic acids is 1. The van der Waals surface area contributed by atoms with E-state index in [0.717, 1.165) is 4.31 Å². The zero-order chi connectivity index (χ0) is 21.2. The molecule has 0 aromatic heterocycles. The molecule has 28 heavy (non-hydrogen) atoms. The van der Waals surface area contributed by atoms with E-state index in [1.807, 2.05) is 0 Å². The van der Waals surface area contributed by atoms with Crippen molar-refractivity contribution in [1.29, 1.82) is 0 Å². The highest BCUT2D eigenvalue weighted by Crippen LogP contribution is 2.31. The quantitative estimate of drug-likeness (QED) is 0.488. The fourth-order valence-electron chi connectivity index (χ4n) is 2.98. The maximum absolute atomic E-state index is 13.3. The monoisotopic (exact) mass is 436 g/mol. The van der Waals surface area contributed by atoms with Gasteiger partial charge in [0, 0.05) is 6.54 Å². The van der Waals surface area contributed by atoms with Gasteiger partial charge in [0.2, 0.25) is 10.0 Å². The number of hydrogen-bond acceptors (Lipinski definition) is 8. The topological polar surface area (TPSA) is 139 Å². The minimum absolute atomic E-state index is 0.115. The molecule has 0 bridgehead atoms. The Balaban J connectivity index is 2.65. The summed E-state index contributed by atoms with van der Waals surface area (Å²) in [5, 5.41) is 9.18. The fourth-order valence-corrected chi connectivity index (χ4v) is 6.19. The number of nitrogens with one attached hydrogen (secondary N) is 1. The molecule has 1 heterocycles. The van der Waals surface area contributed by atoms with Crippen molar-refractivity contribution in [2.75, 3.05) is 32.6 Å². The van der Waals surface area contributed by atoms with Crippen LogP contribution in [0.15, 0.2) is 29.2 Å². The predicted octanol–water partition coefficient (Wildman–Crippen LogP) is -0.216. The summed E-state index contributed by atoms with van der Waals surface area (Å²) in [6.07, 6.45) is 0. The van der Waals surface area contributed by atoms with Gasteiger partial charge in [0.15, 0.2) is 9.84 Å². The molecule has 0 spiro atoms. The molecular formula is C16H24N2O8S2. The van der Waals surface area contributed by atoms with Crippen LogP contribution in [0.25, 0.3) is 0 Å². The van der Waals surface area contributed by atoms with E-state index < -0.39 is 36.6 Å². The van der Waals surface area contributed by atoms with E-state index in [-0.39, 0.29) is 30.4 Å². The number of amides is 1. The molecule has 1 aliphatic rings. The lowest BCUT2D eigenvalue weighted by Crippen LogP contribution is -2.62. The lowest BCUT2D eigenvalue weighted by Gasteiger charge is -2.38. The van der Waals surface area contributed by atoms with Crippen molar-refractivity contribution in [2.45, 2.75) is 29.5 Å². The van der Waals surface area contributed by atoms with Crippen molar-refractivity contribution >= 4 is 25.8 Å². The van der Waals surface area contributed by atoms with E-state index in [9.17, 15) is 26.8 Å². The van der Waals surface area contributed by atoms with Crippen LogP contribution in [0.2, 0.25) is 0 Å². The first-order valence-electron chi connectivity index (χ1n) is 8.39. The van der Waals surface area contributed by atoms with Gasteiger partial charge in [-0.15, -0.1) is 0 Å². The van der Waals surface area contributed by atoms with Gasteiger partial charge in [-0.3, -0.25) is 10.0 Å². The second-order valence-electron chi connectivity index (χ2n) is 6.70. The van der Waals surface area contributed by atoms with E-state index in [1.54, 1.807) is 0 Å². The van der Waals surface area contributed by atoms with Crippen LogP contribution in [-0.2, 0) is 29.4 Å². The average molecular weight is 437 g/mol. The molecule has 158 valence electrons. The Labute approximate surface area is 164 Å². The SMILES string of the molecule is COc1ccc(S(=O)(=O)N2CCOCCS(=O)(=O)C(C)(C)[C@@H]2C(=O)NO)cc1. The van der Waals surface area contributed by atoms with Gasteiger partial charge in [-0.2, -0.15) is 4.31 Å². The second kappa shape index (κ2) is 8.33. The molecule has 2 N–H and O–H groups in total. The summed E-state index contributed by atoms with van der Waals surface area (Å²) >= 11 is 0. The van der Waals surface area contributed by atoms with Crippen molar-refractivity contribution in [3.05, 3.63) is 24.3 Å². The Hall–Kier alpha value is -1.73. The van der Waals surface area contributed by atoms with Gasteiger partial charge in [-0.1, -0.05) is 0 Å². The molecule has 1 aromatic carbocycles. The summed E-state index contributed by atoms with van der Waals surface area (Å²) in [5.41, 5.74) is 1.40. The van der Waals surface area contributed by atoms with Crippen molar-refractivity contribution in [3.63, 3.8) is 0 Å². The van der Waals surface area contributed by atoms with Gasteiger partial charge in [0.25, 0.3) is 5.91 Å². The van der Waals surface area contributed by atoms with Crippen LogP contribution in [0.1, 0.15) is 13.8 Å². The zero-order valence-electron chi connectivity index (χ0n) is 15.8. The maximum atomic E-state index is 13.3. The van der Waals surface area contributed by atoms with Gasteiger partial charge < -0.3 is 9.47 Å². The Morgan fingerprint density at radius 1 is 1.29 bits per heavy atom. The first-order chi connectivity index (χ1) is 13.0. The Morgan fingerprint density at radius 3 is 2.43 bits per heavy atom. The summed E-state index contributed by atoms with van der Waals surface area (Å²) in [5.74, 6) is -1.10. The third kappa shape index (κ3) is 4.15. The van der Waals surface area contributed by atoms with E-state index in [0.29, 0.717) is 5.75 Å². The molecule has 2 rings (SSSR count). The first kappa shape index (κ1) is 22.6. The van der Waals surface area contributed by atoms with Gasteiger partial charge in [0.05, 0.1) is 35.7 Å². The van der Waals surface area contributed by atoms with Crippen LogP contribution in [0, 0.1) is 0 Å². The van der Waals surface area contributed by atoms with Gasteiger partial charge in [-0.05, 0) is 38.1 Å². The van der Waals surface area contributed by atoms with Crippen molar-refractivity contribution in [3.8, 4) is 5.75 Å². The lowest BCUT2D eigenvalue weighted by molar-refractivity contribution is -0.134. The molecule has 1 amide bonds. The van der Waals surface area contributed by atoms with Crippen LogP contribution in [0.5, 0.6) is 5.75 Å². The Morgan fingerprint density at radius 2 is 1.89 bits per heavy atom. The van der Waals surface area contributed by atoms with Crippen LogP contribution < -0.4 is 10.2 Å². The van der Waals surface area contributed by atoms with Gasteiger partial charge in [-0.25, -0.2) is 22.3 Å². The largest absolute Gasteiger partial charge is 0.497 e. The first-order valence-corrected chi connectivity index (χ1v) is 11.5. The number of nitrogens with zero attached hydrogens (tertiary/aromatic N) is 1.